The van der Waals surface area contributed by atoms with Crippen LogP contribution in [0.25, 0.3) is 0 Å². The molecule has 0 saturated carbocycles. The predicted octanol–water partition coefficient (Wildman–Crippen LogP) is 1.82. The summed E-state index contributed by atoms with van der Waals surface area (Å²) in [6, 6.07) is 0. The van der Waals surface area contributed by atoms with Crippen LogP contribution in [0, 0.1) is 10.8 Å². The first-order chi connectivity index (χ1) is 6.66. The van der Waals surface area contributed by atoms with Gasteiger partial charge >= 0.3 is 0 Å². The molecular formula is C10H22O4S2. The van der Waals surface area contributed by atoms with Crippen molar-refractivity contribution < 1.29 is 16.8 Å². The summed E-state index contributed by atoms with van der Waals surface area (Å²) in [7, 11) is -8.16. The van der Waals surface area contributed by atoms with Crippen LogP contribution >= 0.6 is 0 Å². The van der Waals surface area contributed by atoms with E-state index in [1.165, 1.54) is 0 Å². The van der Waals surface area contributed by atoms with E-state index in [2.05, 4.69) is 0 Å². The third-order valence-corrected chi connectivity index (χ3v) is 7.85. The molecule has 0 heterocycles. The van der Waals surface area contributed by atoms with Gasteiger partial charge in [0.15, 0.2) is 0 Å². The van der Waals surface area contributed by atoms with E-state index in [9.17, 15) is 16.8 Å². The highest BCUT2D eigenvalue weighted by Gasteiger charge is 2.36. The smallest absolute Gasteiger partial charge is 0.213 e. The van der Waals surface area contributed by atoms with Gasteiger partial charge < -0.3 is 0 Å². The van der Waals surface area contributed by atoms with E-state index in [0.717, 1.165) is 0 Å². The molecule has 0 spiro atoms. The molecular weight excluding hydrogens is 248 g/mol. The van der Waals surface area contributed by atoms with Crippen molar-refractivity contribution >= 4 is 17.7 Å². The van der Waals surface area contributed by atoms with E-state index in [1.54, 1.807) is 41.5 Å². The lowest BCUT2D eigenvalue weighted by Crippen LogP contribution is -2.32. The van der Waals surface area contributed by atoms with E-state index in [1.807, 2.05) is 0 Å². The van der Waals surface area contributed by atoms with Crippen LogP contribution in [-0.2, 0) is 17.7 Å². The fourth-order valence-electron chi connectivity index (χ4n) is 1.24. The van der Waals surface area contributed by atoms with Gasteiger partial charge in [-0.1, -0.05) is 41.5 Å². The van der Waals surface area contributed by atoms with Gasteiger partial charge in [0.05, 0.1) is 11.5 Å². The van der Waals surface area contributed by atoms with Crippen molar-refractivity contribution in [2.75, 3.05) is 11.5 Å². The van der Waals surface area contributed by atoms with E-state index >= 15 is 0 Å². The number of hydrogen-bond acceptors (Lipinski definition) is 4. The molecule has 98 valence electrons. The van der Waals surface area contributed by atoms with Crippen molar-refractivity contribution in [1.82, 2.24) is 0 Å². The number of hydrogen-bond donors (Lipinski definition) is 0. The zero-order chi connectivity index (χ0) is 13.4. The Morgan fingerprint density at radius 1 is 0.625 bits per heavy atom. The fourth-order valence-corrected chi connectivity index (χ4v) is 6.92. The van der Waals surface area contributed by atoms with Crippen LogP contribution in [0.5, 0.6) is 0 Å². The molecule has 0 aliphatic rings. The molecule has 0 bridgehead atoms. The Morgan fingerprint density at radius 2 is 0.812 bits per heavy atom. The van der Waals surface area contributed by atoms with E-state index in [4.69, 9.17) is 0 Å². The first-order valence-electron chi connectivity index (χ1n) is 5.12. The fraction of sp³-hybridized carbons (Fsp3) is 1.00. The van der Waals surface area contributed by atoms with Crippen LogP contribution in [0.2, 0.25) is 0 Å². The van der Waals surface area contributed by atoms with E-state index in [0.29, 0.717) is 0 Å². The molecule has 0 aromatic heterocycles. The van der Waals surface area contributed by atoms with Gasteiger partial charge in [-0.2, -0.15) is 0 Å². The minimum Gasteiger partial charge on any atom is -0.213 e. The maximum absolute atomic E-state index is 11.8. The summed E-state index contributed by atoms with van der Waals surface area (Å²) in [4.78, 5) is 0. The van der Waals surface area contributed by atoms with E-state index in [-0.39, 0.29) is 11.5 Å². The van der Waals surface area contributed by atoms with Crippen molar-refractivity contribution in [2.24, 2.45) is 10.8 Å². The highest BCUT2D eigenvalue weighted by molar-refractivity contribution is 8.67. The summed E-state index contributed by atoms with van der Waals surface area (Å²) >= 11 is 0. The Balaban J connectivity index is 5.20. The van der Waals surface area contributed by atoms with Crippen LogP contribution in [0.15, 0.2) is 0 Å². The molecule has 0 aliphatic carbocycles. The lowest BCUT2D eigenvalue weighted by molar-refractivity contribution is 0.455. The standard InChI is InChI=1S/C10H22O4S2/c1-9(2,3)7-15(11,12)16(13,14)8-10(4,5)6/h7-8H2,1-6H3. The molecule has 0 aromatic carbocycles. The second-order valence-electron chi connectivity index (χ2n) is 6.53. The second-order valence-corrected chi connectivity index (χ2v) is 12.4. The molecule has 0 rings (SSSR count). The molecule has 0 saturated heterocycles. The Morgan fingerprint density at radius 3 is 0.938 bits per heavy atom. The molecule has 6 heteroatoms. The van der Waals surface area contributed by atoms with Crippen LogP contribution in [-0.4, -0.2) is 28.3 Å². The Kier molecular flexibility index (Phi) is 4.26. The van der Waals surface area contributed by atoms with Crippen molar-refractivity contribution in [3.63, 3.8) is 0 Å². The van der Waals surface area contributed by atoms with Gasteiger partial charge in [-0.15, -0.1) is 0 Å². The summed E-state index contributed by atoms with van der Waals surface area (Å²) in [5.74, 6) is -0.670. The minimum atomic E-state index is -4.08. The quantitative estimate of drug-likeness (QED) is 0.734. The van der Waals surface area contributed by atoms with Gasteiger partial charge in [0, 0.05) is 0 Å². The number of rotatable bonds is 3. The van der Waals surface area contributed by atoms with Gasteiger partial charge in [0.1, 0.15) is 0 Å². The molecule has 0 unspecified atom stereocenters. The summed E-state index contributed by atoms with van der Waals surface area (Å²) in [6.45, 7) is 10.2. The predicted molar refractivity (Wildman–Crippen MR) is 66.5 cm³/mol. The topological polar surface area (TPSA) is 68.3 Å². The molecule has 0 aliphatic heterocycles. The van der Waals surface area contributed by atoms with Crippen LogP contribution in [0.4, 0.5) is 0 Å². The molecule has 4 nitrogen and oxygen atoms in total. The lowest BCUT2D eigenvalue weighted by atomic mass is 10.0. The van der Waals surface area contributed by atoms with Crippen molar-refractivity contribution in [2.45, 2.75) is 41.5 Å². The lowest BCUT2D eigenvalue weighted by Gasteiger charge is -2.21. The Bertz CT molecular complexity index is 386. The highest BCUT2D eigenvalue weighted by Crippen LogP contribution is 2.24. The first-order valence-corrected chi connectivity index (χ1v) is 8.94. The minimum absolute atomic E-state index is 0.335. The third kappa shape index (κ3) is 5.30. The van der Waals surface area contributed by atoms with Crippen LogP contribution in [0.3, 0.4) is 0 Å². The average Bonchev–Trinajstić information content (AvgIpc) is 1.72. The van der Waals surface area contributed by atoms with Crippen LogP contribution < -0.4 is 0 Å². The van der Waals surface area contributed by atoms with E-state index < -0.39 is 28.6 Å². The monoisotopic (exact) mass is 270 g/mol. The summed E-state index contributed by atoms with van der Waals surface area (Å²) in [6.07, 6.45) is 0. The summed E-state index contributed by atoms with van der Waals surface area (Å²) < 4.78 is 47.0. The first kappa shape index (κ1) is 15.9. The van der Waals surface area contributed by atoms with Gasteiger partial charge in [-0.05, 0) is 10.8 Å². The zero-order valence-electron chi connectivity index (χ0n) is 10.9. The SMILES string of the molecule is CC(C)(C)CS(=O)(=O)S(=O)(=O)CC(C)(C)C. The molecule has 0 amide bonds. The molecule has 0 atom stereocenters. The zero-order valence-corrected chi connectivity index (χ0v) is 12.5. The summed E-state index contributed by atoms with van der Waals surface area (Å²) in [5, 5.41) is 0. The summed E-state index contributed by atoms with van der Waals surface area (Å²) in [5.41, 5.74) is -1.10. The maximum Gasteiger partial charge on any atom is 0.254 e. The highest BCUT2D eigenvalue weighted by atomic mass is 33.2. The maximum atomic E-state index is 11.8. The van der Waals surface area contributed by atoms with Crippen molar-refractivity contribution in [1.29, 1.82) is 0 Å². The molecule has 16 heavy (non-hydrogen) atoms. The molecule has 0 fully saturated rings. The second kappa shape index (κ2) is 4.29. The van der Waals surface area contributed by atoms with Gasteiger partial charge in [-0.25, -0.2) is 16.8 Å². The van der Waals surface area contributed by atoms with Gasteiger partial charge in [-0.3, -0.25) is 0 Å². The van der Waals surface area contributed by atoms with Crippen molar-refractivity contribution in [3.8, 4) is 0 Å². The third-order valence-electron chi connectivity index (χ3n) is 1.61. The Labute approximate surface area is 98.7 Å². The molecule has 0 N–H and O–H groups in total. The Hall–Kier alpha value is -0.100. The van der Waals surface area contributed by atoms with Crippen molar-refractivity contribution in [3.05, 3.63) is 0 Å². The van der Waals surface area contributed by atoms with Gasteiger partial charge in [0.2, 0.25) is 0 Å². The van der Waals surface area contributed by atoms with Crippen LogP contribution in [0.1, 0.15) is 41.5 Å². The average molecular weight is 270 g/mol. The van der Waals surface area contributed by atoms with Gasteiger partial charge in [0.25, 0.3) is 17.7 Å². The molecule has 0 aromatic rings. The largest absolute Gasteiger partial charge is 0.254 e. The molecule has 0 radical (unpaired) electrons. The normalized spacial score (nSPS) is 15.1.